The van der Waals surface area contributed by atoms with Crippen molar-refractivity contribution in [2.24, 2.45) is 17.6 Å². The van der Waals surface area contributed by atoms with Crippen molar-refractivity contribution < 1.29 is 4.79 Å². The molecule has 0 aliphatic carbocycles. The topological polar surface area (TPSA) is 58.4 Å². The van der Waals surface area contributed by atoms with E-state index in [1.807, 2.05) is 6.92 Å². The summed E-state index contributed by atoms with van der Waals surface area (Å²) in [5.41, 5.74) is 5.20. The average Bonchev–Trinajstić information content (AvgIpc) is 2.70. The lowest BCUT2D eigenvalue weighted by atomic mass is 10.1. The monoisotopic (exact) mass is 227 g/mol. The van der Waals surface area contributed by atoms with E-state index in [-0.39, 0.29) is 11.8 Å². The zero-order chi connectivity index (χ0) is 12.0. The Morgan fingerprint density at radius 1 is 1.31 bits per heavy atom. The number of carbonyl (C=O) groups is 1. The van der Waals surface area contributed by atoms with Crippen LogP contribution in [0.2, 0.25) is 0 Å². The van der Waals surface area contributed by atoms with Crippen LogP contribution in [0.5, 0.6) is 0 Å². The van der Waals surface area contributed by atoms with Gasteiger partial charge >= 0.3 is 0 Å². The van der Waals surface area contributed by atoms with Crippen LogP contribution in [0.1, 0.15) is 26.7 Å². The molecule has 1 amide bonds. The van der Waals surface area contributed by atoms with Crippen LogP contribution < -0.4 is 11.1 Å². The summed E-state index contributed by atoms with van der Waals surface area (Å²) in [5, 5.41) is 3.31. The molecule has 0 aromatic heterocycles. The van der Waals surface area contributed by atoms with E-state index < -0.39 is 0 Å². The summed E-state index contributed by atoms with van der Waals surface area (Å²) in [5.74, 6) is 0.344. The van der Waals surface area contributed by atoms with E-state index in [4.69, 9.17) is 5.73 Å². The number of hydrogen-bond donors (Lipinski definition) is 2. The number of nitrogens with one attached hydrogen (secondary N) is 1. The standard InChI is InChI=1S/C12H25N3O/c1-10(9-15-5-3-4-6-15)7-14-8-11(2)12(13)16/h10-11,14H,3-9H2,1-2H3,(H2,13,16). The molecule has 94 valence electrons. The highest BCUT2D eigenvalue weighted by Gasteiger charge is 2.15. The van der Waals surface area contributed by atoms with E-state index in [2.05, 4.69) is 17.1 Å². The van der Waals surface area contributed by atoms with Crippen LogP contribution >= 0.6 is 0 Å². The third-order valence-electron chi connectivity index (χ3n) is 3.20. The van der Waals surface area contributed by atoms with Crippen LogP contribution in [0.3, 0.4) is 0 Å². The highest BCUT2D eigenvalue weighted by atomic mass is 16.1. The van der Waals surface area contributed by atoms with Gasteiger partial charge in [0.15, 0.2) is 0 Å². The van der Waals surface area contributed by atoms with E-state index in [1.54, 1.807) is 0 Å². The second-order valence-corrected chi connectivity index (χ2v) is 5.07. The van der Waals surface area contributed by atoms with Crippen LogP contribution in [0.15, 0.2) is 0 Å². The molecule has 3 N–H and O–H groups in total. The van der Waals surface area contributed by atoms with E-state index in [9.17, 15) is 4.79 Å². The third-order valence-corrected chi connectivity index (χ3v) is 3.20. The molecule has 2 atom stereocenters. The number of likely N-dealkylation sites (tertiary alicyclic amines) is 1. The van der Waals surface area contributed by atoms with Crippen molar-refractivity contribution in [1.29, 1.82) is 0 Å². The summed E-state index contributed by atoms with van der Waals surface area (Å²) < 4.78 is 0. The van der Waals surface area contributed by atoms with Gasteiger partial charge in [0.05, 0.1) is 0 Å². The van der Waals surface area contributed by atoms with Gasteiger partial charge in [-0.1, -0.05) is 13.8 Å². The summed E-state index contributed by atoms with van der Waals surface area (Å²) in [7, 11) is 0. The minimum absolute atomic E-state index is 0.0704. The number of nitrogens with zero attached hydrogens (tertiary/aromatic N) is 1. The minimum atomic E-state index is -0.223. The number of primary amides is 1. The maximum atomic E-state index is 10.8. The first-order chi connectivity index (χ1) is 7.59. The van der Waals surface area contributed by atoms with Gasteiger partial charge in [-0.15, -0.1) is 0 Å². The lowest BCUT2D eigenvalue weighted by Crippen LogP contribution is -2.36. The molecule has 1 aliphatic heterocycles. The van der Waals surface area contributed by atoms with Crippen LogP contribution in [0, 0.1) is 11.8 Å². The van der Waals surface area contributed by atoms with Gasteiger partial charge in [-0.2, -0.15) is 0 Å². The molecule has 16 heavy (non-hydrogen) atoms. The second kappa shape index (κ2) is 6.86. The molecule has 0 spiro atoms. The Bertz CT molecular complexity index is 214. The highest BCUT2D eigenvalue weighted by molar-refractivity contribution is 5.76. The first kappa shape index (κ1) is 13.5. The Hall–Kier alpha value is -0.610. The van der Waals surface area contributed by atoms with E-state index in [1.165, 1.54) is 25.9 Å². The molecule has 1 aliphatic rings. The van der Waals surface area contributed by atoms with Gasteiger partial charge in [-0.25, -0.2) is 0 Å². The van der Waals surface area contributed by atoms with Gasteiger partial charge < -0.3 is 16.0 Å². The van der Waals surface area contributed by atoms with Crippen molar-refractivity contribution in [3.8, 4) is 0 Å². The molecule has 4 heteroatoms. The van der Waals surface area contributed by atoms with Crippen molar-refractivity contribution in [2.45, 2.75) is 26.7 Å². The van der Waals surface area contributed by atoms with Gasteiger partial charge in [-0.3, -0.25) is 4.79 Å². The number of amides is 1. The summed E-state index contributed by atoms with van der Waals surface area (Å²) in [4.78, 5) is 13.3. The van der Waals surface area contributed by atoms with E-state index in [0.29, 0.717) is 12.5 Å². The van der Waals surface area contributed by atoms with Gasteiger partial charge in [0.1, 0.15) is 0 Å². The van der Waals surface area contributed by atoms with Crippen LogP contribution in [-0.4, -0.2) is 43.5 Å². The lowest BCUT2D eigenvalue weighted by molar-refractivity contribution is -0.121. The normalized spacial score (nSPS) is 20.9. The average molecular weight is 227 g/mol. The summed E-state index contributed by atoms with van der Waals surface area (Å²) in [6.07, 6.45) is 2.69. The van der Waals surface area contributed by atoms with Crippen molar-refractivity contribution in [3.63, 3.8) is 0 Å². The molecule has 1 rings (SSSR count). The predicted octanol–water partition coefficient (Wildman–Crippen LogP) is 0.429. The first-order valence-electron chi connectivity index (χ1n) is 6.32. The molecule has 0 bridgehead atoms. The largest absolute Gasteiger partial charge is 0.369 e. The van der Waals surface area contributed by atoms with E-state index in [0.717, 1.165) is 13.1 Å². The number of rotatable bonds is 7. The maximum Gasteiger partial charge on any atom is 0.221 e. The van der Waals surface area contributed by atoms with Crippen LogP contribution in [0.25, 0.3) is 0 Å². The molecule has 0 radical (unpaired) electrons. The highest BCUT2D eigenvalue weighted by Crippen LogP contribution is 2.09. The zero-order valence-corrected chi connectivity index (χ0v) is 10.5. The van der Waals surface area contributed by atoms with Crippen molar-refractivity contribution in [3.05, 3.63) is 0 Å². The molecule has 2 unspecified atom stereocenters. The Kier molecular flexibility index (Phi) is 5.77. The Morgan fingerprint density at radius 2 is 1.94 bits per heavy atom. The van der Waals surface area contributed by atoms with Crippen molar-refractivity contribution in [2.75, 3.05) is 32.7 Å². The number of carbonyl (C=O) groups excluding carboxylic acids is 1. The van der Waals surface area contributed by atoms with Gasteiger partial charge in [0, 0.05) is 19.0 Å². The van der Waals surface area contributed by atoms with E-state index >= 15 is 0 Å². The Balaban J connectivity index is 2.05. The summed E-state index contributed by atoms with van der Waals surface area (Å²) in [6, 6.07) is 0. The van der Waals surface area contributed by atoms with Gasteiger partial charge in [-0.05, 0) is 38.4 Å². The molecule has 0 aromatic carbocycles. The SMILES string of the molecule is CC(CNCC(C)C(N)=O)CN1CCCC1. The molecule has 1 fully saturated rings. The quantitative estimate of drug-likeness (QED) is 0.663. The molecular formula is C12H25N3O. The van der Waals surface area contributed by atoms with Crippen LogP contribution in [-0.2, 0) is 4.79 Å². The molecule has 4 nitrogen and oxygen atoms in total. The van der Waals surface area contributed by atoms with Crippen molar-refractivity contribution in [1.82, 2.24) is 10.2 Å². The molecule has 0 saturated carbocycles. The fourth-order valence-electron chi connectivity index (χ4n) is 2.12. The fraction of sp³-hybridized carbons (Fsp3) is 0.917. The maximum absolute atomic E-state index is 10.8. The van der Waals surface area contributed by atoms with Crippen LogP contribution in [0.4, 0.5) is 0 Å². The number of hydrogen-bond acceptors (Lipinski definition) is 3. The minimum Gasteiger partial charge on any atom is -0.369 e. The Morgan fingerprint density at radius 3 is 2.50 bits per heavy atom. The fourth-order valence-corrected chi connectivity index (χ4v) is 2.12. The summed E-state index contributed by atoms with van der Waals surface area (Å²) in [6.45, 7) is 9.44. The zero-order valence-electron chi connectivity index (χ0n) is 10.5. The Labute approximate surface area is 98.6 Å². The number of nitrogens with two attached hydrogens (primary N) is 1. The van der Waals surface area contributed by atoms with Gasteiger partial charge in [0.2, 0.25) is 5.91 Å². The second-order valence-electron chi connectivity index (χ2n) is 5.07. The van der Waals surface area contributed by atoms with Crippen molar-refractivity contribution >= 4 is 5.91 Å². The molecule has 1 heterocycles. The summed E-state index contributed by atoms with van der Waals surface area (Å²) >= 11 is 0. The molecule has 1 saturated heterocycles. The molecule has 0 aromatic rings. The molecular weight excluding hydrogens is 202 g/mol. The van der Waals surface area contributed by atoms with Gasteiger partial charge in [0.25, 0.3) is 0 Å². The first-order valence-corrected chi connectivity index (χ1v) is 6.32. The predicted molar refractivity (Wildman–Crippen MR) is 66.1 cm³/mol. The third kappa shape index (κ3) is 4.94. The smallest absolute Gasteiger partial charge is 0.221 e. The lowest BCUT2D eigenvalue weighted by Gasteiger charge is -2.21.